The Balaban J connectivity index is 2.13. The summed E-state index contributed by atoms with van der Waals surface area (Å²) in [4.78, 5) is 1.88. The van der Waals surface area contributed by atoms with Crippen LogP contribution in [0.2, 0.25) is 0 Å². The predicted octanol–water partition coefficient (Wildman–Crippen LogP) is 0.0689. The molecule has 23 heavy (non-hydrogen) atoms. The van der Waals surface area contributed by atoms with Crippen LogP contribution in [-0.2, 0) is 4.29 Å². The fourth-order valence-electron chi connectivity index (χ4n) is 2.41. The Labute approximate surface area is 142 Å². The third kappa shape index (κ3) is 4.10. The molecule has 118 valence electrons. The zero-order valence-electron chi connectivity index (χ0n) is 11.9. The van der Waals surface area contributed by atoms with E-state index < -0.39 is 15.2 Å². The zero-order valence-corrected chi connectivity index (χ0v) is 14.4. The molecule has 1 atom stereocenters. The van der Waals surface area contributed by atoms with Gasteiger partial charge in [-0.15, -0.1) is 0 Å². The van der Waals surface area contributed by atoms with E-state index in [1.807, 2.05) is 71.7 Å². The van der Waals surface area contributed by atoms with Crippen LogP contribution in [-0.4, -0.2) is 20.0 Å². The number of hydrogen-bond acceptors (Lipinski definition) is 4. The summed E-state index contributed by atoms with van der Waals surface area (Å²) in [7, 11) is -4.48. The topological polar surface area (TPSA) is 78.4 Å². The van der Waals surface area contributed by atoms with E-state index in [0.717, 1.165) is 22.3 Å². The molecule has 2 aromatic carbocycles. The van der Waals surface area contributed by atoms with Crippen LogP contribution in [0.3, 0.4) is 0 Å². The van der Waals surface area contributed by atoms with Gasteiger partial charge in [0.15, 0.2) is 0 Å². The van der Waals surface area contributed by atoms with Crippen molar-refractivity contribution in [3.63, 3.8) is 0 Å². The Morgan fingerprint density at radius 1 is 0.826 bits per heavy atom. The predicted molar refractivity (Wildman–Crippen MR) is 79.5 cm³/mol. The van der Waals surface area contributed by atoms with Gasteiger partial charge in [-0.05, 0) is 0 Å². The van der Waals surface area contributed by atoms with Gasteiger partial charge in [0.05, 0.1) is 0 Å². The van der Waals surface area contributed by atoms with Gasteiger partial charge in [-0.3, -0.25) is 0 Å². The summed E-state index contributed by atoms with van der Waals surface area (Å²) in [5.74, 6) is 0. The molecule has 0 spiro atoms. The molecule has 0 aliphatic carbocycles. The van der Waals surface area contributed by atoms with E-state index in [1.54, 1.807) is 0 Å². The minimum atomic E-state index is -4.48. The van der Waals surface area contributed by atoms with Crippen molar-refractivity contribution < 1.29 is 28.5 Å². The van der Waals surface area contributed by atoms with Crippen LogP contribution in [0.1, 0.15) is 11.1 Å². The third-order valence-electron chi connectivity index (χ3n) is 3.32. The number of hydrogen-bond donors (Lipinski definition) is 0. The van der Waals surface area contributed by atoms with E-state index in [0.29, 0.717) is 0 Å². The molecule has 0 bridgehead atoms. The van der Waals surface area contributed by atoms with E-state index >= 15 is 0 Å². The van der Waals surface area contributed by atoms with E-state index in [9.17, 15) is 14.0 Å². The van der Waals surface area contributed by atoms with Crippen LogP contribution in [0, 0.1) is 10.2 Å². The standard InChI is InChI=1S/C17H13ClO4Se/c19-18(20,21)22-17-16(14-9-5-2-6-10-14)15(11-12-23-17)13-7-3-1-4-8-13/h1-12,17H. The van der Waals surface area contributed by atoms with Crippen LogP contribution in [0.5, 0.6) is 0 Å². The molecule has 6 heteroatoms. The van der Waals surface area contributed by atoms with Gasteiger partial charge >= 0.3 is 142 Å². The molecule has 1 aliphatic rings. The van der Waals surface area contributed by atoms with Gasteiger partial charge in [0.25, 0.3) is 0 Å². The molecule has 1 unspecified atom stereocenters. The minimum absolute atomic E-state index is 0.284. The molecule has 0 amide bonds. The van der Waals surface area contributed by atoms with E-state index in [-0.39, 0.29) is 15.0 Å². The van der Waals surface area contributed by atoms with Gasteiger partial charge in [0.1, 0.15) is 0 Å². The monoisotopic (exact) mass is 396 g/mol. The Kier molecular flexibility index (Phi) is 4.99. The Morgan fingerprint density at radius 3 is 1.96 bits per heavy atom. The molecular formula is C17H13ClO4Se. The van der Waals surface area contributed by atoms with Gasteiger partial charge in [-0.25, -0.2) is 0 Å². The third-order valence-corrected chi connectivity index (χ3v) is 5.79. The van der Waals surface area contributed by atoms with Gasteiger partial charge in [-0.2, -0.15) is 0 Å². The number of benzene rings is 2. The van der Waals surface area contributed by atoms with E-state index in [2.05, 4.69) is 0 Å². The van der Waals surface area contributed by atoms with Crippen molar-refractivity contribution in [3.05, 3.63) is 82.8 Å². The average molecular weight is 396 g/mol. The van der Waals surface area contributed by atoms with Crippen molar-refractivity contribution in [3.8, 4) is 0 Å². The van der Waals surface area contributed by atoms with Crippen LogP contribution in [0.4, 0.5) is 0 Å². The first-order valence-electron chi connectivity index (χ1n) is 6.81. The van der Waals surface area contributed by atoms with Crippen molar-refractivity contribution in [2.24, 2.45) is 0 Å². The molecule has 1 aliphatic heterocycles. The number of halogens is 1. The SMILES string of the molecule is [O-][Cl+3]([O-])([O-])OC1[Se]C=CC(c2ccccc2)=C1c1ccccc1. The molecule has 4 nitrogen and oxygen atoms in total. The first-order valence-corrected chi connectivity index (χ1v) is 10.0. The summed E-state index contributed by atoms with van der Waals surface area (Å²) in [6.45, 7) is 0. The van der Waals surface area contributed by atoms with Crippen LogP contribution < -0.4 is 14.0 Å². The molecular weight excluding hydrogens is 383 g/mol. The average Bonchev–Trinajstić information content (AvgIpc) is 2.55. The first kappa shape index (κ1) is 16.4. The maximum atomic E-state index is 11.1. The molecule has 0 fully saturated rings. The number of rotatable bonds is 4. The zero-order chi connectivity index (χ0) is 16.3. The fourth-order valence-corrected chi connectivity index (χ4v) is 5.15. The Hall–Kier alpha value is -1.43. The fraction of sp³-hybridized carbons (Fsp3) is 0.0588. The molecule has 0 radical (unpaired) electrons. The summed E-state index contributed by atoms with van der Waals surface area (Å²) >= 11 is -0.284. The van der Waals surface area contributed by atoms with Gasteiger partial charge in [0, 0.05) is 0 Å². The van der Waals surface area contributed by atoms with E-state index in [4.69, 9.17) is 4.29 Å². The molecule has 3 rings (SSSR count). The second-order valence-corrected chi connectivity index (χ2v) is 7.77. The molecule has 1 heterocycles. The van der Waals surface area contributed by atoms with Crippen LogP contribution in [0.25, 0.3) is 11.1 Å². The molecule has 0 N–H and O–H groups in total. The summed E-state index contributed by atoms with van der Waals surface area (Å²) < 4.78 is 38.0. The van der Waals surface area contributed by atoms with Crippen molar-refractivity contribution >= 4 is 26.1 Å². The van der Waals surface area contributed by atoms with Crippen molar-refractivity contribution in [1.82, 2.24) is 0 Å². The van der Waals surface area contributed by atoms with Crippen LogP contribution >= 0.6 is 0 Å². The van der Waals surface area contributed by atoms with Gasteiger partial charge in [-0.1, -0.05) is 0 Å². The normalized spacial score (nSPS) is 18.3. The summed E-state index contributed by atoms with van der Waals surface area (Å²) in [6.07, 6.45) is 1.96. The second kappa shape index (κ2) is 6.99. The molecule has 0 aromatic heterocycles. The Bertz CT molecular complexity index is 723. The second-order valence-electron chi connectivity index (χ2n) is 4.80. The van der Waals surface area contributed by atoms with Gasteiger partial charge < -0.3 is 0 Å². The van der Waals surface area contributed by atoms with Crippen LogP contribution in [0.15, 0.2) is 71.7 Å². The van der Waals surface area contributed by atoms with Crippen molar-refractivity contribution in [2.75, 3.05) is 0 Å². The quantitative estimate of drug-likeness (QED) is 0.686. The van der Waals surface area contributed by atoms with Crippen molar-refractivity contribution in [1.29, 1.82) is 0 Å². The first-order chi connectivity index (χ1) is 11.0. The summed E-state index contributed by atoms with van der Waals surface area (Å²) in [5, 5.41) is -0.769. The maximum absolute atomic E-state index is 11.1. The summed E-state index contributed by atoms with van der Waals surface area (Å²) in [5.41, 5.74) is 3.40. The summed E-state index contributed by atoms with van der Waals surface area (Å²) in [6, 6.07) is 19.0. The van der Waals surface area contributed by atoms with E-state index in [1.165, 1.54) is 0 Å². The molecule has 0 saturated heterocycles. The number of allylic oxidation sites excluding steroid dienone is 2. The van der Waals surface area contributed by atoms with Crippen molar-refractivity contribution in [2.45, 2.75) is 5.00 Å². The molecule has 2 aromatic rings. The Morgan fingerprint density at radius 2 is 1.39 bits per heavy atom. The van der Waals surface area contributed by atoms with Gasteiger partial charge in [0.2, 0.25) is 0 Å². The molecule has 0 saturated carbocycles.